The van der Waals surface area contributed by atoms with Crippen molar-refractivity contribution < 1.29 is 13.5 Å². The monoisotopic (exact) mass is 355 g/mol. The lowest BCUT2D eigenvalue weighted by Crippen LogP contribution is -2.13. The van der Waals surface area contributed by atoms with Gasteiger partial charge in [-0.05, 0) is 36.9 Å². The minimum Gasteiger partial charge on any atom is -0.489 e. The van der Waals surface area contributed by atoms with Crippen LogP contribution in [0.4, 0.5) is 8.78 Å². The highest BCUT2D eigenvalue weighted by Crippen LogP contribution is 2.23. The van der Waals surface area contributed by atoms with Gasteiger partial charge in [0.2, 0.25) is 0 Å². The van der Waals surface area contributed by atoms with E-state index in [1.807, 2.05) is 6.92 Å². The second-order valence-corrected chi connectivity index (χ2v) is 5.41. The maximum atomic E-state index is 13.3. The summed E-state index contributed by atoms with van der Waals surface area (Å²) in [5, 5.41) is 3.14. The average molecular weight is 356 g/mol. The first-order valence-corrected chi connectivity index (χ1v) is 7.45. The van der Waals surface area contributed by atoms with Crippen molar-refractivity contribution in [3.63, 3.8) is 0 Å². The highest BCUT2D eigenvalue weighted by molar-refractivity contribution is 9.10. The normalized spacial score (nSPS) is 10.7. The molecule has 0 unspecified atom stereocenters. The van der Waals surface area contributed by atoms with E-state index in [4.69, 9.17) is 4.74 Å². The molecule has 0 amide bonds. The summed E-state index contributed by atoms with van der Waals surface area (Å²) in [5.74, 6) is 0.0204. The summed E-state index contributed by atoms with van der Waals surface area (Å²) in [4.78, 5) is 0. The molecule has 5 heteroatoms. The summed E-state index contributed by atoms with van der Waals surface area (Å²) in [6.45, 7) is 3.59. The maximum Gasteiger partial charge on any atom is 0.124 e. The van der Waals surface area contributed by atoms with Gasteiger partial charge in [-0.3, -0.25) is 0 Å². The standard InChI is InChI=1S/C16H16BrF2NO/c1-2-20-9-12-7-13(18)5-6-16(12)21-10-11-3-4-14(19)8-15(11)17/h3-8,20H,2,9-10H2,1H3. The molecule has 2 aromatic rings. The van der Waals surface area contributed by atoms with Crippen molar-refractivity contribution >= 4 is 15.9 Å². The molecule has 1 N–H and O–H groups in total. The van der Waals surface area contributed by atoms with Crippen LogP contribution in [0.15, 0.2) is 40.9 Å². The SMILES string of the molecule is CCNCc1cc(F)ccc1OCc1ccc(F)cc1Br. The molecule has 0 atom stereocenters. The van der Waals surface area contributed by atoms with Crippen LogP contribution in [0.2, 0.25) is 0 Å². The third-order valence-electron chi connectivity index (χ3n) is 2.99. The Labute approximate surface area is 131 Å². The Hall–Kier alpha value is -1.46. The van der Waals surface area contributed by atoms with Gasteiger partial charge >= 0.3 is 0 Å². The number of nitrogens with one attached hydrogen (secondary N) is 1. The molecule has 0 aromatic heterocycles. The Bertz CT molecular complexity index is 619. The van der Waals surface area contributed by atoms with Crippen molar-refractivity contribution in [1.82, 2.24) is 5.32 Å². The Morgan fingerprint density at radius 1 is 1.05 bits per heavy atom. The van der Waals surface area contributed by atoms with Crippen molar-refractivity contribution in [2.75, 3.05) is 6.54 Å². The van der Waals surface area contributed by atoms with E-state index >= 15 is 0 Å². The van der Waals surface area contributed by atoms with Crippen LogP contribution in [-0.2, 0) is 13.2 Å². The zero-order chi connectivity index (χ0) is 15.2. The van der Waals surface area contributed by atoms with Gasteiger partial charge in [-0.25, -0.2) is 8.78 Å². The Balaban J connectivity index is 2.11. The topological polar surface area (TPSA) is 21.3 Å². The molecule has 0 heterocycles. The van der Waals surface area contributed by atoms with Crippen LogP contribution < -0.4 is 10.1 Å². The van der Waals surface area contributed by atoms with Crippen LogP contribution in [0.1, 0.15) is 18.1 Å². The zero-order valence-electron chi connectivity index (χ0n) is 11.6. The van der Waals surface area contributed by atoms with Gasteiger partial charge in [-0.2, -0.15) is 0 Å². The summed E-state index contributed by atoms with van der Waals surface area (Å²) in [5.41, 5.74) is 1.59. The second-order valence-electron chi connectivity index (χ2n) is 4.56. The van der Waals surface area contributed by atoms with Crippen LogP contribution >= 0.6 is 15.9 Å². The van der Waals surface area contributed by atoms with E-state index < -0.39 is 0 Å². The van der Waals surface area contributed by atoms with E-state index in [9.17, 15) is 8.78 Å². The minimum atomic E-state index is -0.305. The van der Waals surface area contributed by atoms with Gasteiger partial charge in [0, 0.05) is 22.1 Å². The van der Waals surface area contributed by atoms with Gasteiger partial charge in [0.15, 0.2) is 0 Å². The lowest BCUT2D eigenvalue weighted by molar-refractivity contribution is 0.300. The summed E-state index contributed by atoms with van der Waals surface area (Å²) in [6, 6.07) is 8.87. The molecular formula is C16H16BrF2NO. The van der Waals surface area contributed by atoms with Gasteiger partial charge in [0.05, 0.1) is 0 Å². The van der Waals surface area contributed by atoms with Crippen molar-refractivity contribution in [1.29, 1.82) is 0 Å². The first kappa shape index (κ1) is 15.9. The molecule has 0 aliphatic heterocycles. The third kappa shape index (κ3) is 4.51. The second kappa shape index (κ2) is 7.52. The summed E-state index contributed by atoms with van der Waals surface area (Å²) < 4.78 is 32.7. The molecular weight excluding hydrogens is 340 g/mol. The van der Waals surface area contributed by atoms with Crippen LogP contribution in [-0.4, -0.2) is 6.54 Å². The number of rotatable bonds is 6. The molecule has 2 rings (SSSR count). The van der Waals surface area contributed by atoms with Crippen molar-refractivity contribution in [3.8, 4) is 5.75 Å². The van der Waals surface area contributed by atoms with Gasteiger partial charge in [-0.15, -0.1) is 0 Å². The third-order valence-corrected chi connectivity index (χ3v) is 3.72. The van der Waals surface area contributed by atoms with Crippen molar-refractivity contribution in [2.24, 2.45) is 0 Å². The first-order valence-electron chi connectivity index (χ1n) is 6.66. The largest absolute Gasteiger partial charge is 0.489 e. The van der Waals surface area contributed by atoms with Gasteiger partial charge in [0.1, 0.15) is 24.0 Å². The smallest absolute Gasteiger partial charge is 0.124 e. The maximum absolute atomic E-state index is 13.3. The highest BCUT2D eigenvalue weighted by atomic mass is 79.9. The fourth-order valence-corrected chi connectivity index (χ4v) is 2.35. The zero-order valence-corrected chi connectivity index (χ0v) is 13.2. The average Bonchev–Trinajstić information content (AvgIpc) is 2.45. The number of ether oxygens (including phenoxy) is 1. The highest BCUT2D eigenvalue weighted by Gasteiger charge is 2.07. The molecule has 0 radical (unpaired) electrons. The van der Waals surface area contributed by atoms with E-state index in [0.717, 1.165) is 17.7 Å². The van der Waals surface area contributed by atoms with Crippen LogP contribution in [0, 0.1) is 11.6 Å². The number of benzene rings is 2. The van der Waals surface area contributed by atoms with E-state index in [2.05, 4.69) is 21.2 Å². The number of hydrogen-bond donors (Lipinski definition) is 1. The summed E-state index contributed by atoms with van der Waals surface area (Å²) in [7, 11) is 0. The lowest BCUT2D eigenvalue weighted by atomic mass is 10.2. The quantitative estimate of drug-likeness (QED) is 0.828. The predicted octanol–water partition coefficient (Wildman–Crippen LogP) is 4.42. The van der Waals surface area contributed by atoms with Crippen LogP contribution in [0.5, 0.6) is 5.75 Å². The molecule has 0 spiro atoms. The van der Waals surface area contributed by atoms with Crippen molar-refractivity contribution in [2.45, 2.75) is 20.1 Å². The summed E-state index contributed by atoms with van der Waals surface area (Å²) >= 11 is 3.30. The first-order chi connectivity index (χ1) is 10.1. The number of halogens is 3. The van der Waals surface area contributed by atoms with E-state index in [-0.39, 0.29) is 18.2 Å². The molecule has 0 fully saturated rings. The van der Waals surface area contributed by atoms with Crippen LogP contribution in [0.25, 0.3) is 0 Å². The van der Waals surface area contributed by atoms with Crippen molar-refractivity contribution in [3.05, 3.63) is 63.6 Å². The van der Waals surface area contributed by atoms with E-state index in [1.54, 1.807) is 12.1 Å². The molecule has 21 heavy (non-hydrogen) atoms. The molecule has 0 bridgehead atoms. The van der Waals surface area contributed by atoms with E-state index in [0.29, 0.717) is 16.8 Å². The Morgan fingerprint density at radius 3 is 2.48 bits per heavy atom. The molecule has 0 saturated heterocycles. The molecule has 0 aliphatic rings. The fraction of sp³-hybridized carbons (Fsp3) is 0.250. The fourth-order valence-electron chi connectivity index (χ4n) is 1.88. The molecule has 2 aromatic carbocycles. The Kier molecular flexibility index (Phi) is 5.70. The predicted molar refractivity (Wildman–Crippen MR) is 82.2 cm³/mol. The van der Waals surface area contributed by atoms with Gasteiger partial charge in [-0.1, -0.05) is 28.9 Å². The lowest BCUT2D eigenvalue weighted by Gasteiger charge is -2.13. The van der Waals surface area contributed by atoms with Gasteiger partial charge < -0.3 is 10.1 Å². The number of hydrogen-bond acceptors (Lipinski definition) is 2. The molecule has 0 aliphatic carbocycles. The van der Waals surface area contributed by atoms with Crippen LogP contribution in [0.3, 0.4) is 0 Å². The van der Waals surface area contributed by atoms with E-state index in [1.165, 1.54) is 24.3 Å². The molecule has 0 saturated carbocycles. The minimum absolute atomic E-state index is 0.283. The Morgan fingerprint density at radius 2 is 1.76 bits per heavy atom. The molecule has 2 nitrogen and oxygen atoms in total. The molecule has 112 valence electrons. The van der Waals surface area contributed by atoms with Gasteiger partial charge in [0.25, 0.3) is 0 Å². The summed E-state index contributed by atoms with van der Waals surface area (Å²) in [6.07, 6.45) is 0.